The number of aliphatic imine (C=N–C) groups is 1. The smallest absolute Gasteiger partial charge is 0.193 e. The van der Waals surface area contributed by atoms with Crippen molar-refractivity contribution in [2.24, 2.45) is 10.9 Å². The Hall–Kier alpha value is -1.18. The summed E-state index contributed by atoms with van der Waals surface area (Å²) in [5, 5.41) is 3.40. The first-order valence-corrected chi connectivity index (χ1v) is 9.39. The van der Waals surface area contributed by atoms with E-state index in [-0.39, 0.29) is 5.82 Å². The zero-order chi connectivity index (χ0) is 18.1. The Kier molecular flexibility index (Phi) is 8.64. The van der Waals surface area contributed by atoms with Gasteiger partial charge in [0.1, 0.15) is 5.82 Å². The highest BCUT2D eigenvalue weighted by Crippen LogP contribution is 2.18. The number of ether oxygens (including phenoxy) is 2. The van der Waals surface area contributed by atoms with Gasteiger partial charge in [-0.2, -0.15) is 0 Å². The fraction of sp³-hybridized carbons (Fsp3) is 0.611. The lowest BCUT2D eigenvalue weighted by atomic mass is 10.1. The van der Waals surface area contributed by atoms with E-state index in [1.165, 1.54) is 6.07 Å². The highest BCUT2D eigenvalue weighted by atomic mass is 79.9. The van der Waals surface area contributed by atoms with E-state index in [9.17, 15) is 4.39 Å². The zero-order valence-corrected chi connectivity index (χ0v) is 16.5. The van der Waals surface area contributed by atoms with E-state index in [0.717, 1.165) is 50.6 Å². The maximum Gasteiger partial charge on any atom is 0.193 e. The first-order chi connectivity index (χ1) is 12.1. The Balaban J connectivity index is 1.72. The van der Waals surface area contributed by atoms with E-state index >= 15 is 0 Å². The Morgan fingerprint density at radius 1 is 1.44 bits per heavy atom. The summed E-state index contributed by atoms with van der Waals surface area (Å²) >= 11 is 3.22. The van der Waals surface area contributed by atoms with Gasteiger partial charge in [0.2, 0.25) is 0 Å². The van der Waals surface area contributed by atoms with Crippen LogP contribution in [0, 0.1) is 11.7 Å². The van der Waals surface area contributed by atoms with Gasteiger partial charge in [0.25, 0.3) is 0 Å². The van der Waals surface area contributed by atoms with Crippen LogP contribution < -0.4 is 5.32 Å². The van der Waals surface area contributed by atoms with Gasteiger partial charge < -0.3 is 19.7 Å². The fourth-order valence-electron chi connectivity index (χ4n) is 2.90. The normalized spacial score (nSPS) is 18.0. The van der Waals surface area contributed by atoms with E-state index in [4.69, 9.17) is 9.47 Å². The highest BCUT2D eigenvalue weighted by molar-refractivity contribution is 9.10. The van der Waals surface area contributed by atoms with Crippen LogP contribution in [0.25, 0.3) is 0 Å². The lowest BCUT2D eigenvalue weighted by Gasteiger charge is -2.21. The summed E-state index contributed by atoms with van der Waals surface area (Å²) in [7, 11) is 3.49. The van der Waals surface area contributed by atoms with Crippen molar-refractivity contribution < 1.29 is 13.9 Å². The molecule has 0 spiro atoms. The van der Waals surface area contributed by atoms with Crippen LogP contribution >= 0.6 is 15.9 Å². The quantitative estimate of drug-likeness (QED) is 0.402. The van der Waals surface area contributed by atoms with Gasteiger partial charge in [-0.05, 0) is 46.5 Å². The van der Waals surface area contributed by atoms with Crippen LogP contribution in [0.1, 0.15) is 12.0 Å². The standard InChI is InChI=1S/C18H27BrFN3O2/c1-21-18(22-7-5-14-3-4-17(20)16(19)11-14)23-8-6-15(12-23)13-25-10-9-24-2/h3-4,11,15H,5-10,12-13H2,1-2H3,(H,21,22). The van der Waals surface area contributed by atoms with Crippen molar-refractivity contribution in [1.29, 1.82) is 0 Å². The number of guanidine groups is 1. The first kappa shape index (κ1) is 20.1. The van der Waals surface area contributed by atoms with Crippen LogP contribution in [-0.4, -0.2) is 64.5 Å². The molecule has 140 valence electrons. The number of nitrogens with one attached hydrogen (secondary N) is 1. The molecule has 7 heteroatoms. The summed E-state index contributed by atoms with van der Waals surface area (Å²) < 4.78 is 24.4. The summed E-state index contributed by atoms with van der Waals surface area (Å²) in [4.78, 5) is 6.65. The first-order valence-electron chi connectivity index (χ1n) is 8.60. The summed E-state index contributed by atoms with van der Waals surface area (Å²) in [5.74, 6) is 1.22. The van der Waals surface area contributed by atoms with Gasteiger partial charge in [-0.15, -0.1) is 0 Å². The van der Waals surface area contributed by atoms with Gasteiger partial charge in [-0.25, -0.2) is 4.39 Å². The number of rotatable bonds is 8. The van der Waals surface area contributed by atoms with Crippen molar-refractivity contribution in [2.45, 2.75) is 12.8 Å². The van der Waals surface area contributed by atoms with Crippen LogP contribution in [0.15, 0.2) is 27.7 Å². The lowest BCUT2D eigenvalue weighted by molar-refractivity contribution is 0.0536. The van der Waals surface area contributed by atoms with Gasteiger partial charge in [-0.3, -0.25) is 4.99 Å². The Morgan fingerprint density at radius 2 is 2.28 bits per heavy atom. The van der Waals surface area contributed by atoms with E-state index < -0.39 is 0 Å². The van der Waals surface area contributed by atoms with Crippen molar-refractivity contribution in [3.63, 3.8) is 0 Å². The topological polar surface area (TPSA) is 46.1 Å². The monoisotopic (exact) mass is 415 g/mol. The second kappa shape index (κ2) is 10.7. The molecule has 1 heterocycles. The molecular weight excluding hydrogens is 389 g/mol. The number of likely N-dealkylation sites (tertiary alicyclic amines) is 1. The SMILES string of the molecule is CN=C(NCCc1ccc(F)c(Br)c1)N1CCC(COCCOC)C1. The molecule has 0 aliphatic carbocycles. The van der Waals surface area contributed by atoms with Crippen molar-refractivity contribution in [3.05, 3.63) is 34.1 Å². The third-order valence-electron chi connectivity index (χ3n) is 4.26. The highest BCUT2D eigenvalue weighted by Gasteiger charge is 2.24. The number of halogens is 2. The third kappa shape index (κ3) is 6.56. The zero-order valence-electron chi connectivity index (χ0n) is 14.9. The summed E-state index contributed by atoms with van der Waals surface area (Å²) in [6.45, 7) is 4.75. The van der Waals surface area contributed by atoms with Crippen LogP contribution in [-0.2, 0) is 15.9 Å². The number of methoxy groups -OCH3 is 1. The molecule has 0 bridgehead atoms. The molecule has 0 radical (unpaired) electrons. The lowest BCUT2D eigenvalue weighted by Crippen LogP contribution is -2.41. The molecule has 0 amide bonds. The van der Waals surface area contributed by atoms with Gasteiger partial charge in [-0.1, -0.05) is 6.07 Å². The maximum absolute atomic E-state index is 13.3. The Morgan fingerprint density at radius 3 is 3.00 bits per heavy atom. The molecule has 1 aromatic carbocycles. The molecule has 1 unspecified atom stereocenters. The van der Waals surface area contributed by atoms with E-state index in [0.29, 0.717) is 23.6 Å². The second-order valence-corrected chi connectivity index (χ2v) is 7.00. The molecule has 1 atom stereocenters. The molecule has 1 fully saturated rings. The van der Waals surface area contributed by atoms with Crippen LogP contribution in [0.4, 0.5) is 4.39 Å². The predicted molar refractivity (Wildman–Crippen MR) is 102 cm³/mol. The molecule has 5 nitrogen and oxygen atoms in total. The number of nitrogens with zero attached hydrogens (tertiary/aromatic N) is 2. The molecule has 1 aliphatic heterocycles. The van der Waals surface area contributed by atoms with Crippen LogP contribution in [0.3, 0.4) is 0 Å². The molecule has 1 aliphatic rings. The molecule has 0 saturated carbocycles. The molecule has 25 heavy (non-hydrogen) atoms. The molecule has 0 aromatic heterocycles. The average Bonchev–Trinajstić information content (AvgIpc) is 3.07. The van der Waals surface area contributed by atoms with Gasteiger partial charge in [0, 0.05) is 39.7 Å². The second-order valence-electron chi connectivity index (χ2n) is 6.14. The van der Waals surface area contributed by atoms with E-state index in [1.807, 2.05) is 12.1 Å². The van der Waals surface area contributed by atoms with Crippen LogP contribution in [0.5, 0.6) is 0 Å². The fourth-order valence-corrected chi connectivity index (χ4v) is 3.33. The maximum atomic E-state index is 13.3. The Labute approximate surface area is 157 Å². The molecule has 2 rings (SSSR count). The van der Waals surface area contributed by atoms with Crippen molar-refractivity contribution in [2.75, 3.05) is 53.6 Å². The molecule has 1 N–H and O–H groups in total. The number of hydrogen-bond acceptors (Lipinski definition) is 3. The number of benzene rings is 1. The summed E-state index contributed by atoms with van der Waals surface area (Å²) in [5.41, 5.74) is 1.09. The third-order valence-corrected chi connectivity index (χ3v) is 4.87. The minimum absolute atomic E-state index is 0.233. The van der Waals surface area contributed by atoms with Crippen LogP contribution in [0.2, 0.25) is 0 Å². The minimum atomic E-state index is -0.233. The Bertz CT molecular complexity index is 571. The van der Waals surface area contributed by atoms with Crippen molar-refractivity contribution in [1.82, 2.24) is 10.2 Å². The van der Waals surface area contributed by atoms with Gasteiger partial charge in [0.15, 0.2) is 5.96 Å². The van der Waals surface area contributed by atoms with Gasteiger partial charge >= 0.3 is 0 Å². The number of hydrogen-bond donors (Lipinski definition) is 1. The minimum Gasteiger partial charge on any atom is -0.382 e. The predicted octanol–water partition coefficient (Wildman–Crippen LogP) is 2.69. The molecule has 1 aromatic rings. The molecular formula is C18H27BrFN3O2. The average molecular weight is 416 g/mol. The van der Waals surface area contributed by atoms with E-state index in [2.05, 4.69) is 31.1 Å². The van der Waals surface area contributed by atoms with Crippen molar-refractivity contribution >= 4 is 21.9 Å². The summed E-state index contributed by atoms with van der Waals surface area (Å²) in [6, 6.07) is 5.12. The summed E-state index contributed by atoms with van der Waals surface area (Å²) in [6.07, 6.45) is 1.92. The largest absolute Gasteiger partial charge is 0.382 e. The van der Waals surface area contributed by atoms with E-state index in [1.54, 1.807) is 14.2 Å². The van der Waals surface area contributed by atoms with Gasteiger partial charge in [0.05, 0.1) is 24.3 Å². The molecule has 1 saturated heterocycles. The van der Waals surface area contributed by atoms with Crippen molar-refractivity contribution in [3.8, 4) is 0 Å².